The van der Waals surface area contributed by atoms with Crippen molar-refractivity contribution in [2.24, 2.45) is 0 Å². The molecule has 0 saturated heterocycles. The van der Waals surface area contributed by atoms with E-state index in [1.807, 2.05) is 0 Å². The van der Waals surface area contributed by atoms with Gasteiger partial charge in [-0.15, -0.1) is 0 Å². The Balaban J connectivity index is 2.14. The quantitative estimate of drug-likeness (QED) is 0.852. The van der Waals surface area contributed by atoms with E-state index in [9.17, 15) is 9.90 Å². The summed E-state index contributed by atoms with van der Waals surface area (Å²) in [6.07, 6.45) is 8.44. The Kier molecular flexibility index (Phi) is 2.14. The molecule has 0 unspecified atom stereocenters. The Labute approximate surface area is 98.1 Å². The number of hydrogen-bond acceptors (Lipinski definition) is 3. The van der Waals surface area contributed by atoms with Gasteiger partial charge in [0.25, 0.3) is 0 Å². The highest BCUT2D eigenvalue weighted by Crippen LogP contribution is 2.41. The largest absolute Gasteiger partial charge is 0.481 e. The maximum atomic E-state index is 11.5. The van der Waals surface area contributed by atoms with Gasteiger partial charge >= 0.3 is 5.97 Å². The molecule has 0 aliphatic heterocycles. The van der Waals surface area contributed by atoms with Crippen molar-refractivity contribution in [2.45, 2.75) is 31.1 Å². The molecule has 0 aromatic carbocycles. The number of rotatable bonds is 2. The number of carbonyl (C=O) groups is 1. The molecule has 5 heteroatoms. The molecule has 1 aliphatic carbocycles. The van der Waals surface area contributed by atoms with Gasteiger partial charge in [-0.25, -0.2) is 9.50 Å². The molecule has 1 aliphatic rings. The van der Waals surface area contributed by atoms with Crippen LogP contribution in [-0.4, -0.2) is 25.7 Å². The second-order valence-electron chi connectivity index (χ2n) is 4.57. The van der Waals surface area contributed by atoms with Gasteiger partial charge in [0.15, 0.2) is 5.65 Å². The first-order valence-corrected chi connectivity index (χ1v) is 5.76. The first kappa shape index (κ1) is 10.3. The summed E-state index contributed by atoms with van der Waals surface area (Å²) in [4.78, 5) is 15.8. The number of aliphatic carboxylic acids is 1. The zero-order valence-corrected chi connectivity index (χ0v) is 9.33. The number of carboxylic acids is 1. The van der Waals surface area contributed by atoms with Gasteiger partial charge in [0.2, 0.25) is 0 Å². The lowest BCUT2D eigenvalue weighted by molar-refractivity contribution is -0.143. The molecule has 1 fully saturated rings. The van der Waals surface area contributed by atoms with Gasteiger partial charge < -0.3 is 5.11 Å². The zero-order valence-electron chi connectivity index (χ0n) is 9.33. The summed E-state index contributed by atoms with van der Waals surface area (Å²) in [5.74, 6) is -0.747. The van der Waals surface area contributed by atoms with Crippen LogP contribution >= 0.6 is 0 Å². The number of aromatic nitrogens is 3. The molecule has 1 saturated carbocycles. The number of carboxylic acid groups (broad SMARTS) is 1. The third-order valence-corrected chi connectivity index (χ3v) is 3.67. The Bertz CT molecular complexity index is 570. The van der Waals surface area contributed by atoms with E-state index in [0.717, 1.165) is 24.1 Å². The first-order valence-electron chi connectivity index (χ1n) is 5.76. The van der Waals surface area contributed by atoms with Gasteiger partial charge in [-0.3, -0.25) is 4.79 Å². The minimum atomic E-state index is -0.757. The van der Waals surface area contributed by atoms with Crippen molar-refractivity contribution in [3.63, 3.8) is 0 Å². The summed E-state index contributed by atoms with van der Waals surface area (Å²) in [5, 5.41) is 13.6. The van der Waals surface area contributed by atoms with E-state index >= 15 is 0 Å². The molecule has 2 heterocycles. The second-order valence-corrected chi connectivity index (χ2v) is 4.57. The topological polar surface area (TPSA) is 67.5 Å². The van der Waals surface area contributed by atoms with E-state index in [4.69, 9.17) is 0 Å². The predicted octanol–water partition coefficient (Wildman–Crippen LogP) is 1.63. The van der Waals surface area contributed by atoms with Crippen molar-refractivity contribution in [3.8, 4) is 0 Å². The Morgan fingerprint density at radius 1 is 1.41 bits per heavy atom. The van der Waals surface area contributed by atoms with Crippen LogP contribution in [0.25, 0.3) is 5.65 Å². The Morgan fingerprint density at radius 3 is 2.88 bits per heavy atom. The molecular formula is C12H13N3O2. The molecular weight excluding hydrogens is 218 g/mol. The lowest BCUT2D eigenvalue weighted by atomic mass is 9.80. The van der Waals surface area contributed by atoms with E-state index in [2.05, 4.69) is 10.1 Å². The SMILES string of the molecule is O=C(O)C1(c2cnc3ccnn3c2)CCCC1. The predicted molar refractivity (Wildman–Crippen MR) is 60.8 cm³/mol. The molecule has 17 heavy (non-hydrogen) atoms. The van der Waals surface area contributed by atoms with Crippen LogP contribution in [0.2, 0.25) is 0 Å². The molecule has 3 rings (SSSR count). The van der Waals surface area contributed by atoms with Crippen molar-refractivity contribution in [2.75, 3.05) is 0 Å². The lowest BCUT2D eigenvalue weighted by Gasteiger charge is -2.23. The zero-order chi connectivity index (χ0) is 11.9. The average molecular weight is 231 g/mol. The molecule has 2 aromatic heterocycles. The number of nitrogens with zero attached hydrogens (tertiary/aromatic N) is 3. The minimum absolute atomic E-state index is 0.691. The summed E-state index contributed by atoms with van der Waals surface area (Å²) >= 11 is 0. The van der Waals surface area contributed by atoms with Crippen molar-refractivity contribution in [1.29, 1.82) is 0 Å². The molecule has 5 nitrogen and oxygen atoms in total. The van der Waals surface area contributed by atoms with Crippen LogP contribution in [0.15, 0.2) is 24.7 Å². The molecule has 0 spiro atoms. The van der Waals surface area contributed by atoms with E-state index in [0.29, 0.717) is 12.8 Å². The van der Waals surface area contributed by atoms with Crippen LogP contribution in [0.1, 0.15) is 31.2 Å². The van der Waals surface area contributed by atoms with E-state index in [-0.39, 0.29) is 0 Å². The van der Waals surface area contributed by atoms with E-state index in [1.54, 1.807) is 29.2 Å². The minimum Gasteiger partial charge on any atom is -0.481 e. The number of fused-ring (bicyclic) bond motifs is 1. The lowest BCUT2D eigenvalue weighted by Crippen LogP contribution is -2.33. The summed E-state index contributed by atoms with van der Waals surface area (Å²) in [7, 11) is 0. The fourth-order valence-corrected chi connectivity index (χ4v) is 2.66. The monoisotopic (exact) mass is 231 g/mol. The van der Waals surface area contributed by atoms with Crippen LogP contribution in [0.4, 0.5) is 0 Å². The van der Waals surface area contributed by atoms with Gasteiger partial charge in [0.05, 0.1) is 11.6 Å². The Morgan fingerprint density at radius 2 is 2.18 bits per heavy atom. The molecule has 1 N–H and O–H groups in total. The van der Waals surface area contributed by atoms with Crippen molar-refractivity contribution in [1.82, 2.24) is 14.6 Å². The molecule has 0 radical (unpaired) electrons. The van der Waals surface area contributed by atoms with E-state index < -0.39 is 11.4 Å². The Hall–Kier alpha value is -1.91. The van der Waals surface area contributed by atoms with E-state index in [1.165, 1.54) is 0 Å². The van der Waals surface area contributed by atoms with Crippen molar-refractivity contribution in [3.05, 3.63) is 30.2 Å². The van der Waals surface area contributed by atoms with Crippen LogP contribution in [0, 0.1) is 0 Å². The van der Waals surface area contributed by atoms with Gasteiger partial charge in [0, 0.05) is 24.0 Å². The second kappa shape index (κ2) is 3.55. The summed E-state index contributed by atoms with van der Waals surface area (Å²) in [6.45, 7) is 0. The maximum absolute atomic E-state index is 11.5. The summed E-state index contributed by atoms with van der Waals surface area (Å²) in [5.41, 5.74) is 0.749. The number of hydrogen-bond donors (Lipinski definition) is 1. The van der Waals surface area contributed by atoms with Gasteiger partial charge in [0.1, 0.15) is 0 Å². The molecule has 2 aromatic rings. The third-order valence-electron chi connectivity index (χ3n) is 3.67. The highest BCUT2D eigenvalue weighted by Gasteiger charge is 2.43. The van der Waals surface area contributed by atoms with Gasteiger partial charge in [-0.05, 0) is 12.8 Å². The van der Waals surface area contributed by atoms with Crippen LogP contribution in [0.3, 0.4) is 0 Å². The van der Waals surface area contributed by atoms with Crippen LogP contribution in [0.5, 0.6) is 0 Å². The molecule has 0 atom stereocenters. The summed E-state index contributed by atoms with van der Waals surface area (Å²) < 4.78 is 1.64. The fraction of sp³-hybridized carbons (Fsp3) is 0.417. The molecule has 0 bridgehead atoms. The molecule has 88 valence electrons. The van der Waals surface area contributed by atoms with Gasteiger partial charge in [-0.1, -0.05) is 12.8 Å². The van der Waals surface area contributed by atoms with Crippen molar-refractivity contribution >= 4 is 11.6 Å². The maximum Gasteiger partial charge on any atom is 0.314 e. The van der Waals surface area contributed by atoms with Crippen LogP contribution < -0.4 is 0 Å². The highest BCUT2D eigenvalue weighted by molar-refractivity contribution is 5.81. The highest BCUT2D eigenvalue weighted by atomic mass is 16.4. The standard InChI is InChI=1S/C12H13N3O2/c16-11(17)12(4-1-2-5-12)9-7-13-10-3-6-14-15(10)8-9/h3,6-8H,1-2,4-5H2,(H,16,17). The summed E-state index contributed by atoms with van der Waals surface area (Å²) in [6, 6.07) is 1.80. The smallest absolute Gasteiger partial charge is 0.314 e. The molecule has 0 amide bonds. The third kappa shape index (κ3) is 1.42. The van der Waals surface area contributed by atoms with Crippen molar-refractivity contribution < 1.29 is 9.90 Å². The van der Waals surface area contributed by atoms with Crippen LogP contribution in [-0.2, 0) is 10.2 Å². The average Bonchev–Trinajstić information content (AvgIpc) is 2.97. The van der Waals surface area contributed by atoms with Gasteiger partial charge in [-0.2, -0.15) is 5.10 Å². The normalized spacial score (nSPS) is 18.6. The fourth-order valence-electron chi connectivity index (χ4n) is 2.66. The first-order chi connectivity index (χ1) is 8.22.